The van der Waals surface area contributed by atoms with E-state index < -0.39 is 0 Å². The largest absolute Gasteiger partial charge is 0.308 e. The number of hydrogen-bond acceptors (Lipinski definition) is 1. The number of anilines is 1. The lowest BCUT2D eigenvalue weighted by Gasteiger charge is -2.32. The molecule has 0 bridgehead atoms. The summed E-state index contributed by atoms with van der Waals surface area (Å²) < 4.78 is 0. The molecule has 0 heterocycles. The van der Waals surface area contributed by atoms with Crippen LogP contribution in [0.1, 0.15) is 30.4 Å². The van der Waals surface area contributed by atoms with Crippen LogP contribution in [0.5, 0.6) is 0 Å². The minimum atomic E-state index is 0.218. The van der Waals surface area contributed by atoms with Gasteiger partial charge in [-0.15, -0.1) is 0 Å². The van der Waals surface area contributed by atoms with Crippen molar-refractivity contribution in [2.45, 2.75) is 32.7 Å². The summed E-state index contributed by atoms with van der Waals surface area (Å²) in [4.78, 5) is 14.7. The van der Waals surface area contributed by atoms with Crippen molar-refractivity contribution in [3.05, 3.63) is 65.7 Å². The zero-order chi connectivity index (χ0) is 14.7. The second-order valence-electron chi connectivity index (χ2n) is 5.87. The minimum absolute atomic E-state index is 0.218. The predicted octanol–water partition coefficient (Wildman–Crippen LogP) is 4.33. The molecule has 0 saturated heterocycles. The fourth-order valence-corrected chi connectivity index (χ4v) is 2.66. The molecule has 1 amide bonds. The number of nitrogens with zero attached hydrogens (tertiary/aromatic N) is 1. The molecule has 0 unspecified atom stereocenters. The van der Waals surface area contributed by atoms with Crippen LogP contribution in [-0.4, -0.2) is 5.91 Å². The highest BCUT2D eigenvalue weighted by Gasteiger charge is 2.30. The Hall–Kier alpha value is -2.09. The molecule has 1 fully saturated rings. The second kappa shape index (κ2) is 6.13. The molecule has 2 nitrogen and oxygen atoms in total. The first-order valence-electron chi connectivity index (χ1n) is 7.66. The topological polar surface area (TPSA) is 20.3 Å². The normalized spacial score (nSPS) is 14.5. The zero-order valence-electron chi connectivity index (χ0n) is 12.5. The van der Waals surface area contributed by atoms with Gasteiger partial charge in [0.1, 0.15) is 0 Å². The number of carbonyl (C=O) groups is 1. The molecule has 0 N–H and O–H groups in total. The maximum atomic E-state index is 12.7. The molecule has 1 aliphatic rings. The fraction of sp³-hybridized carbons (Fsp3) is 0.316. The van der Waals surface area contributed by atoms with Crippen LogP contribution in [-0.2, 0) is 11.3 Å². The number of rotatable bonds is 4. The van der Waals surface area contributed by atoms with E-state index in [1.807, 2.05) is 35.2 Å². The predicted molar refractivity (Wildman–Crippen MR) is 86.2 cm³/mol. The van der Waals surface area contributed by atoms with Gasteiger partial charge < -0.3 is 4.90 Å². The van der Waals surface area contributed by atoms with Crippen molar-refractivity contribution in [3.8, 4) is 0 Å². The smallest absolute Gasteiger partial charge is 0.230 e. The van der Waals surface area contributed by atoms with Crippen molar-refractivity contribution < 1.29 is 4.79 Å². The van der Waals surface area contributed by atoms with Gasteiger partial charge in [-0.05, 0) is 37.5 Å². The van der Waals surface area contributed by atoms with Gasteiger partial charge in [0.25, 0.3) is 0 Å². The average molecular weight is 279 g/mol. The summed E-state index contributed by atoms with van der Waals surface area (Å²) in [5, 5.41) is 0. The Balaban J connectivity index is 1.84. The van der Waals surface area contributed by atoms with Gasteiger partial charge in [0.05, 0.1) is 6.54 Å². The molecule has 2 aromatic rings. The van der Waals surface area contributed by atoms with Gasteiger partial charge in [-0.1, -0.05) is 54.4 Å². The van der Waals surface area contributed by atoms with Crippen LogP contribution in [0.2, 0.25) is 0 Å². The SMILES string of the molecule is Cc1ccc(CN(C(=O)C2CCC2)c2ccccc2)cc1. The number of amides is 1. The van der Waals surface area contributed by atoms with Crippen LogP contribution in [0.25, 0.3) is 0 Å². The molecule has 0 radical (unpaired) electrons. The molecule has 0 spiro atoms. The maximum absolute atomic E-state index is 12.7. The first kappa shape index (κ1) is 13.9. The molecular weight excluding hydrogens is 258 g/mol. The summed E-state index contributed by atoms with van der Waals surface area (Å²) in [6, 6.07) is 18.4. The molecule has 2 aromatic carbocycles. The second-order valence-corrected chi connectivity index (χ2v) is 5.87. The van der Waals surface area contributed by atoms with Crippen LogP contribution in [0.15, 0.2) is 54.6 Å². The van der Waals surface area contributed by atoms with Crippen molar-refractivity contribution in [1.29, 1.82) is 0 Å². The third kappa shape index (κ3) is 3.15. The van der Waals surface area contributed by atoms with Crippen molar-refractivity contribution in [3.63, 3.8) is 0 Å². The highest BCUT2D eigenvalue weighted by atomic mass is 16.2. The molecule has 0 aromatic heterocycles. The van der Waals surface area contributed by atoms with Gasteiger partial charge in [0, 0.05) is 11.6 Å². The fourth-order valence-electron chi connectivity index (χ4n) is 2.66. The van der Waals surface area contributed by atoms with Crippen molar-refractivity contribution >= 4 is 11.6 Å². The zero-order valence-corrected chi connectivity index (χ0v) is 12.5. The lowest BCUT2D eigenvalue weighted by Crippen LogP contribution is -2.38. The van der Waals surface area contributed by atoms with E-state index in [0.717, 1.165) is 18.5 Å². The number of aryl methyl sites for hydroxylation is 1. The third-order valence-electron chi connectivity index (χ3n) is 4.25. The lowest BCUT2D eigenvalue weighted by molar-refractivity contribution is -0.124. The molecule has 3 rings (SSSR count). The molecule has 1 aliphatic carbocycles. The Morgan fingerprint density at radius 2 is 1.71 bits per heavy atom. The molecule has 0 aliphatic heterocycles. The quantitative estimate of drug-likeness (QED) is 0.815. The van der Waals surface area contributed by atoms with Gasteiger partial charge in [-0.25, -0.2) is 0 Å². The van der Waals surface area contributed by atoms with E-state index in [1.54, 1.807) is 0 Å². The number of para-hydroxylation sites is 1. The minimum Gasteiger partial charge on any atom is -0.308 e. The van der Waals surface area contributed by atoms with Crippen molar-refractivity contribution in [1.82, 2.24) is 0 Å². The number of benzene rings is 2. The van der Waals surface area contributed by atoms with E-state index >= 15 is 0 Å². The Kier molecular flexibility index (Phi) is 4.05. The van der Waals surface area contributed by atoms with Gasteiger partial charge in [0.15, 0.2) is 0 Å². The maximum Gasteiger partial charge on any atom is 0.230 e. The van der Waals surface area contributed by atoms with Crippen molar-refractivity contribution in [2.75, 3.05) is 4.90 Å². The monoisotopic (exact) mass is 279 g/mol. The molecule has 108 valence electrons. The lowest BCUT2D eigenvalue weighted by atomic mass is 9.84. The summed E-state index contributed by atoms with van der Waals surface area (Å²) >= 11 is 0. The average Bonchev–Trinajstić information content (AvgIpc) is 2.45. The summed E-state index contributed by atoms with van der Waals surface area (Å²) in [6.45, 7) is 2.73. The molecule has 2 heteroatoms. The molecule has 21 heavy (non-hydrogen) atoms. The summed E-state index contributed by atoms with van der Waals surface area (Å²) in [5.41, 5.74) is 3.42. The Morgan fingerprint density at radius 3 is 2.29 bits per heavy atom. The highest BCUT2D eigenvalue weighted by molar-refractivity contribution is 5.95. The Labute approximate surface area is 126 Å². The van der Waals surface area contributed by atoms with Gasteiger partial charge in [0.2, 0.25) is 5.91 Å². The molecule has 1 saturated carbocycles. The van der Waals surface area contributed by atoms with E-state index in [1.165, 1.54) is 17.5 Å². The van der Waals surface area contributed by atoms with Gasteiger partial charge in [-0.3, -0.25) is 4.79 Å². The summed E-state index contributed by atoms with van der Waals surface area (Å²) in [6.07, 6.45) is 3.26. The Bertz CT molecular complexity index is 599. The van der Waals surface area contributed by atoms with Crippen LogP contribution in [0.4, 0.5) is 5.69 Å². The first-order valence-corrected chi connectivity index (χ1v) is 7.66. The number of hydrogen-bond donors (Lipinski definition) is 0. The highest BCUT2D eigenvalue weighted by Crippen LogP contribution is 2.31. The Morgan fingerprint density at radius 1 is 1.05 bits per heavy atom. The van der Waals surface area contributed by atoms with E-state index in [-0.39, 0.29) is 11.8 Å². The van der Waals surface area contributed by atoms with Gasteiger partial charge in [-0.2, -0.15) is 0 Å². The van der Waals surface area contributed by atoms with E-state index in [0.29, 0.717) is 6.54 Å². The van der Waals surface area contributed by atoms with E-state index in [9.17, 15) is 4.79 Å². The summed E-state index contributed by atoms with van der Waals surface area (Å²) in [5.74, 6) is 0.490. The third-order valence-corrected chi connectivity index (χ3v) is 4.25. The van der Waals surface area contributed by atoms with E-state index in [2.05, 4.69) is 31.2 Å². The van der Waals surface area contributed by atoms with Gasteiger partial charge >= 0.3 is 0 Å². The first-order chi connectivity index (χ1) is 10.2. The van der Waals surface area contributed by atoms with Crippen LogP contribution < -0.4 is 4.90 Å². The van der Waals surface area contributed by atoms with E-state index in [4.69, 9.17) is 0 Å². The number of carbonyl (C=O) groups excluding carboxylic acids is 1. The van der Waals surface area contributed by atoms with Crippen LogP contribution >= 0.6 is 0 Å². The van der Waals surface area contributed by atoms with Crippen LogP contribution in [0.3, 0.4) is 0 Å². The van der Waals surface area contributed by atoms with Crippen molar-refractivity contribution in [2.24, 2.45) is 5.92 Å². The summed E-state index contributed by atoms with van der Waals surface area (Å²) in [7, 11) is 0. The molecule has 0 atom stereocenters. The van der Waals surface area contributed by atoms with Crippen LogP contribution in [0, 0.1) is 12.8 Å². The molecular formula is C19H21NO. The standard InChI is InChI=1S/C19H21NO/c1-15-10-12-16(13-11-15)14-20(18-8-3-2-4-9-18)19(21)17-6-5-7-17/h2-4,8-13,17H,5-7,14H2,1H3.